The third-order valence-corrected chi connectivity index (χ3v) is 2.17. The van der Waals surface area contributed by atoms with Gasteiger partial charge in [-0.05, 0) is 13.0 Å². The molecule has 94 valence electrons. The summed E-state index contributed by atoms with van der Waals surface area (Å²) in [5.41, 5.74) is 0.200. The van der Waals surface area contributed by atoms with Crippen molar-refractivity contribution in [2.75, 3.05) is 13.2 Å². The maximum absolute atomic E-state index is 13.4. The van der Waals surface area contributed by atoms with Gasteiger partial charge in [0.1, 0.15) is 11.6 Å². The third kappa shape index (κ3) is 3.99. The molecule has 0 spiro atoms. The lowest BCUT2D eigenvalue weighted by Crippen LogP contribution is -2.38. The summed E-state index contributed by atoms with van der Waals surface area (Å²) in [5.74, 6) is -1.37. The van der Waals surface area contributed by atoms with Crippen LogP contribution in [-0.2, 0) is 0 Å². The lowest BCUT2D eigenvalue weighted by molar-refractivity contribution is 0.231. The van der Waals surface area contributed by atoms with Gasteiger partial charge < -0.3 is 15.7 Å². The molecular weight excluding hydrogens is 230 g/mol. The van der Waals surface area contributed by atoms with Crippen molar-refractivity contribution < 1.29 is 18.7 Å². The molecule has 0 bridgehead atoms. The van der Waals surface area contributed by atoms with Gasteiger partial charge in [0.25, 0.3) is 0 Å². The Hall–Kier alpha value is -1.69. The van der Waals surface area contributed by atoms with Crippen LogP contribution in [0.4, 0.5) is 13.6 Å². The zero-order valence-corrected chi connectivity index (χ0v) is 9.34. The summed E-state index contributed by atoms with van der Waals surface area (Å²) in [4.78, 5) is 11.2. The van der Waals surface area contributed by atoms with Crippen LogP contribution < -0.4 is 10.6 Å². The van der Waals surface area contributed by atoms with Gasteiger partial charge in [-0.3, -0.25) is 0 Å². The molecule has 0 radical (unpaired) electrons. The van der Waals surface area contributed by atoms with Crippen molar-refractivity contribution in [1.29, 1.82) is 0 Å². The number of carbonyl (C=O) groups is 1. The Bertz CT molecular complexity index is 399. The van der Waals surface area contributed by atoms with Crippen LogP contribution >= 0.6 is 0 Å². The molecule has 0 heterocycles. The number of halogens is 2. The molecule has 17 heavy (non-hydrogen) atoms. The number of rotatable bonds is 4. The molecule has 0 aromatic heterocycles. The van der Waals surface area contributed by atoms with E-state index in [1.54, 1.807) is 6.92 Å². The molecule has 3 N–H and O–H groups in total. The largest absolute Gasteiger partial charge is 0.395 e. The Balaban J connectivity index is 2.63. The monoisotopic (exact) mass is 244 g/mol. The van der Waals surface area contributed by atoms with Crippen LogP contribution in [0.25, 0.3) is 0 Å². The van der Waals surface area contributed by atoms with Crippen molar-refractivity contribution in [1.82, 2.24) is 10.6 Å². The summed E-state index contributed by atoms with van der Waals surface area (Å²) >= 11 is 0. The van der Waals surface area contributed by atoms with Gasteiger partial charge in [-0.1, -0.05) is 6.07 Å². The van der Waals surface area contributed by atoms with Gasteiger partial charge in [0.15, 0.2) is 0 Å². The number of aliphatic hydroxyl groups is 1. The summed E-state index contributed by atoms with van der Waals surface area (Å²) in [7, 11) is 0. The van der Waals surface area contributed by atoms with Crippen LogP contribution in [0, 0.1) is 11.6 Å². The van der Waals surface area contributed by atoms with E-state index in [0.29, 0.717) is 0 Å². The van der Waals surface area contributed by atoms with E-state index >= 15 is 0 Å². The second-order valence-corrected chi connectivity index (χ2v) is 3.51. The predicted octanol–water partition coefficient (Wildman–Crippen LogP) is 1.32. The Morgan fingerprint density at radius 1 is 1.47 bits per heavy atom. The number of hydrogen-bond acceptors (Lipinski definition) is 2. The molecule has 1 unspecified atom stereocenters. The fourth-order valence-corrected chi connectivity index (χ4v) is 1.35. The molecule has 0 aliphatic heterocycles. The number of nitrogens with one attached hydrogen (secondary N) is 2. The highest BCUT2D eigenvalue weighted by atomic mass is 19.1. The Morgan fingerprint density at radius 3 is 2.76 bits per heavy atom. The summed E-state index contributed by atoms with van der Waals surface area (Å²) in [5, 5.41) is 13.3. The highest BCUT2D eigenvalue weighted by Gasteiger charge is 2.13. The average Bonchev–Trinajstić information content (AvgIpc) is 2.26. The fourth-order valence-electron chi connectivity index (χ4n) is 1.35. The number of benzene rings is 1. The van der Waals surface area contributed by atoms with Crippen LogP contribution in [-0.4, -0.2) is 24.3 Å². The minimum atomic E-state index is -0.708. The third-order valence-electron chi connectivity index (χ3n) is 2.17. The lowest BCUT2D eigenvalue weighted by Gasteiger charge is -2.15. The zero-order chi connectivity index (χ0) is 12.8. The van der Waals surface area contributed by atoms with Gasteiger partial charge in [-0.2, -0.15) is 0 Å². The molecule has 0 fully saturated rings. The Kier molecular flexibility index (Phi) is 4.84. The van der Waals surface area contributed by atoms with Gasteiger partial charge in [0.05, 0.1) is 12.6 Å². The van der Waals surface area contributed by atoms with Crippen molar-refractivity contribution in [3.8, 4) is 0 Å². The van der Waals surface area contributed by atoms with Crippen molar-refractivity contribution in [2.45, 2.75) is 13.0 Å². The van der Waals surface area contributed by atoms with Crippen molar-refractivity contribution in [3.05, 3.63) is 35.4 Å². The highest BCUT2D eigenvalue weighted by Crippen LogP contribution is 2.17. The second kappa shape index (κ2) is 6.15. The first-order valence-corrected chi connectivity index (χ1v) is 5.14. The van der Waals surface area contributed by atoms with Crippen LogP contribution in [0.1, 0.15) is 18.5 Å². The molecule has 0 saturated heterocycles. The Labute approximate surface area is 97.6 Å². The SMILES string of the molecule is CC(NC(=O)NCCO)c1ccc(F)cc1F. The van der Waals surface area contributed by atoms with Crippen LogP contribution in [0.15, 0.2) is 18.2 Å². The van der Waals surface area contributed by atoms with E-state index in [9.17, 15) is 13.6 Å². The van der Waals surface area contributed by atoms with E-state index in [1.165, 1.54) is 6.07 Å². The van der Waals surface area contributed by atoms with Crippen molar-refractivity contribution in [3.63, 3.8) is 0 Å². The minimum Gasteiger partial charge on any atom is -0.395 e. The molecule has 1 rings (SSSR count). The zero-order valence-electron chi connectivity index (χ0n) is 9.34. The maximum Gasteiger partial charge on any atom is 0.315 e. The molecule has 6 heteroatoms. The molecule has 1 atom stereocenters. The smallest absolute Gasteiger partial charge is 0.315 e. The summed E-state index contributed by atoms with van der Waals surface area (Å²) in [6, 6.07) is 2.06. The van der Waals surface area contributed by atoms with Crippen molar-refractivity contribution in [2.24, 2.45) is 0 Å². The first kappa shape index (κ1) is 13.4. The molecule has 1 aromatic rings. The minimum absolute atomic E-state index is 0.116. The summed E-state index contributed by atoms with van der Waals surface area (Å²) in [6.45, 7) is 1.52. The van der Waals surface area contributed by atoms with E-state index in [1.807, 2.05) is 0 Å². The number of aliphatic hydroxyl groups excluding tert-OH is 1. The summed E-state index contributed by atoms with van der Waals surface area (Å²) < 4.78 is 26.0. The first-order chi connectivity index (χ1) is 8.04. The Morgan fingerprint density at radius 2 is 2.18 bits per heavy atom. The molecule has 0 saturated carbocycles. The van der Waals surface area contributed by atoms with E-state index in [4.69, 9.17) is 5.11 Å². The van der Waals surface area contributed by atoms with E-state index in [-0.39, 0.29) is 18.7 Å². The van der Waals surface area contributed by atoms with Gasteiger partial charge in [-0.25, -0.2) is 13.6 Å². The van der Waals surface area contributed by atoms with Gasteiger partial charge in [-0.15, -0.1) is 0 Å². The van der Waals surface area contributed by atoms with Gasteiger partial charge in [0.2, 0.25) is 0 Å². The fraction of sp³-hybridized carbons (Fsp3) is 0.364. The highest BCUT2D eigenvalue weighted by molar-refractivity contribution is 5.74. The standard InChI is InChI=1S/C11H14F2N2O2/c1-7(15-11(17)14-4-5-16)9-3-2-8(12)6-10(9)13/h2-3,6-7,16H,4-5H2,1H3,(H2,14,15,17). The number of urea groups is 1. The van der Waals surface area contributed by atoms with E-state index in [2.05, 4.69) is 10.6 Å². The lowest BCUT2D eigenvalue weighted by atomic mass is 10.1. The number of hydrogen-bond donors (Lipinski definition) is 3. The molecule has 1 aromatic carbocycles. The van der Waals surface area contributed by atoms with Crippen LogP contribution in [0.2, 0.25) is 0 Å². The second-order valence-electron chi connectivity index (χ2n) is 3.51. The van der Waals surface area contributed by atoms with Gasteiger partial charge >= 0.3 is 6.03 Å². The van der Waals surface area contributed by atoms with Crippen LogP contribution in [0.3, 0.4) is 0 Å². The molecule has 0 aliphatic rings. The van der Waals surface area contributed by atoms with E-state index < -0.39 is 23.7 Å². The maximum atomic E-state index is 13.4. The van der Waals surface area contributed by atoms with Gasteiger partial charge in [0, 0.05) is 18.2 Å². The number of amides is 2. The molecular formula is C11H14F2N2O2. The normalized spacial score (nSPS) is 12.0. The predicted molar refractivity (Wildman–Crippen MR) is 58.4 cm³/mol. The molecule has 0 aliphatic carbocycles. The van der Waals surface area contributed by atoms with Crippen molar-refractivity contribution >= 4 is 6.03 Å². The summed E-state index contributed by atoms with van der Waals surface area (Å²) in [6.07, 6.45) is 0. The first-order valence-electron chi connectivity index (χ1n) is 5.14. The molecule has 2 amide bonds. The quantitative estimate of drug-likeness (QED) is 0.748. The molecule has 4 nitrogen and oxygen atoms in total. The van der Waals surface area contributed by atoms with E-state index in [0.717, 1.165) is 12.1 Å². The topological polar surface area (TPSA) is 61.4 Å². The average molecular weight is 244 g/mol. The van der Waals surface area contributed by atoms with Crippen LogP contribution in [0.5, 0.6) is 0 Å². The number of carbonyl (C=O) groups excluding carboxylic acids is 1.